The first-order valence-corrected chi connectivity index (χ1v) is 9.12. The van der Waals surface area contributed by atoms with Crippen LogP contribution in [0.4, 0.5) is 0 Å². The Balaban J connectivity index is 1.77. The Morgan fingerprint density at radius 3 is 2.48 bits per heavy atom. The molecule has 4 rings (SSSR count). The summed E-state index contributed by atoms with van der Waals surface area (Å²) >= 11 is 6.32. The molecule has 0 spiro atoms. The Hall–Kier alpha value is -3.65. The van der Waals surface area contributed by atoms with Crippen LogP contribution in [0, 0.1) is 22.7 Å². The number of nitriles is 2. The molecule has 0 aliphatic rings. The number of rotatable bonds is 4. The van der Waals surface area contributed by atoms with E-state index in [0.29, 0.717) is 27.1 Å². The van der Waals surface area contributed by atoms with Crippen molar-refractivity contribution in [3.05, 3.63) is 70.7 Å². The molecule has 142 valence electrons. The third-order valence-electron chi connectivity index (χ3n) is 4.67. The van der Waals surface area contributed by atoms with Gasteiger partial charge in [-0.15, -0.1) is 10.2 Å². The van der Waals surface area contributed by atoms with Gasteiger partial charge < -0.3 is 14.1 Å². The summed E-state index contributed by atoms with van der Waals surface area (Å²) in [5, 5.41) is 37.8. The summed E-state index contributed by atoms with van der Waals surface area (Å²) < 4.78 is 7.64. The molecule has 0 radical (unpaired) electrons. The minimum atomic E-state index is -0.839. The Morgan fingerprint density at radius 1 is 1.07 bits per heavy atom. The highest BCUT2D eigenvalue weighted by molar-refractivity contribution is 6.36. The van der Waals surface area contributed by atoms with E-state index in [1.165, 1.54) is 0 Å². The quantitative estimate of drug-likeness (QED) is 0.550. The summed E-state index contributed by atoms with van der Waals surface area (Å²) in [5.74, 6) is 0.522. The second-order valence-electron chi connectivity index (χ2n) is 6.51. The topological polar surface area (TPSA) is 112 Å². The van der Waals surface area contributed by atoms with E-state index in [-0.39, 0.29) is 11.8 Å². The molecule has 4 aromatic rings. The Morgan fingerprint density at radius 2 is 1.83 bits per heavy atom. The number of fused-ring (bicyclic) bond motifs is 1. The molecule has 0 unspecified atom stereocenters. The van der Waals surface area contributed by atoms with Crippen LogP contribution in [0.25, 0.3) is 22.4 Å². The molecule has 7 nitrogen and oxygen atoms in total. The lowest BCUT2D eigenvalue weighted by Gasteiger charge is -2.19. The molecule has 29 heavy (non-hydrogen) atoms. The molecule has 2 aromatic carbocycles. The summed E-state index contributed by atoms with van der Waals surface area (Å²) in [7, 11) is 0. The van der Waals surface area contributed by atoms with Gasteiger partial charge in [-0.1, -0.05) is 11.6 Å². The van der Waals surface area contributed by atoms with E-state index >= 15 is 0 Å². The van der Waals surface area contributed by atoms with Gasteiger partial charge in [0.25, 0.3) is 0 Å². The van der Waals surface area contributed by atoms with E-state index in [9.17, 15) is 10.4 Å². The van der Waals surface area contributed by atoms with E-state index in [1.54, 1.807) is 60.2 Å². The highest BCUT2D eigenvalue weighted by atomic mass is 35.5. The normalized spacial score (nSPS) is 13.0. The summed E-state index contributed by atoms with van der Waals surface area (Å²) in [6.07, 6.45) is 0.926. The fourth-order valence-electron chi connectivity index (χ4n) is 3.25. The molecule has 0 aliphatic heterocycles. The van der Waals surface area contributed by atoms with Crippen LogP contribution in [0.5, 0.6) is 0 Å². The van der Waals surface area contributed by atoms with E-state index < -0.39 is 12.1 Å². The average molecular weight is 404 g/mol. The van der Waals surface area contributed by atoms with Crippen molar-refractivity contribution in [3.8, 4) is 23.6 Å². The molecule has 2 atom stereocenters. The lowest BCUT2D eigenvalue weighted by atomic mass is 10.1. The van der Waals surface area contributed by atoms with Crippen molar-refractivity contribution in [2.24, 2.45) is 0 Å². The lowest BCUT2D eigenvalue weighted by Crippen LogP contribution is -2.22. The van der Waals surface area contributed by atoms with Crippen LogP contribution in [0.3, 0.4) is 0 Å². The van der Waals surface area contributed by atoms with Gasteiger partial charge in [0.05, 0.1) is 33.8 Å². The zero-order valence-corrected chi connectivity index (χ0v) is 16.0. The third kappa shape index (κ3) is 3.23. The molecule has 0 aliphatic carbocycles. The molecule has 0 saturated heterocycles. The third-order valence-corrected chi connectivity index (χ3v) is 5.08. The van der Waals surface area contributed by atoms with Gasteiger partial charge in [0.1, 0.15) is 12.1 Å². The maximum atomic E-state index is 10.4. The van der Waals surface area contributed by atoms with E-state index in [4.69, 9.17) is 21.3 Å². The van der Waals surface area contributed by atoms with Crippen LogP contribution in [0.15, 0.2) is 53.1 Å². The minimum Gasteiger partial charge on any atom is -0.418 e. The highest BCUT2D eigenvalue weighted by Gasteiger charge is 2.27. The fraction of sp³-hybridized carbons (Fsp3) is 0.143. The molecule has 0 amide bonds. The number of aromatic nitrogens is 3. The Labute approximate surface area is 171 Å². The lowest BCUT2D eigenvalue weighted by molar-refractivity contribution is 0.136. The Bertz CT molecular complexity index is 1280. The number of halogens is 1. The first-order valence-electron chi connectivity index (χ1n) is 8.74. The van der Waals surface area contributed by atoms with Crippen molar-refractivity contribution in [1.29, 1.82) is 10.5 Å². The van der Waals surface area contributed by atoms with Crippen molar-refractivity contribution in [1.82, 2.24) is 14.8 Å². The molecule has 0 fully saturated rings. The standard InChI is InChI=1S/C21H14ClN5O2/c1-12(28)19(27-9-8-16-17(27)7-6-15(11-24)18(16)22)21-26-25-20(29-21)14-4-2-13(10-23)3-5-14/h2-9,12,19,28H,1H3/t12-,19+/m0/s1. The molecule has 0 bridgehead atoms. The number of nitrogens with zero attached hydrogens (tertiary/aromatic N) is 5. The van der Waals surface area contributed by atoms with Crippen LogP contribution in [0.1, 0.15) is 30.0 Å². The van der Waals surface area contributed by atoms with Gasteiger partial charge >= 0.3 is 0 Å². The number of aliphatic hydroxyl groups is 1. The number of hydrogen-bond donors (Lipinski definition) is 1. The van der Waals surface area contributed by atoms with Crippen molar-refractivity contribution in [2.75, 3.05) is 0 Å². The van der Waals surface area contributed by atoms with E-state index in [0.717, 1.165) is 5.52 Å². The Kier molecular flexibility index (Phi) is 4.77. The van der Waals surface area contributed by atoms with Crippen LogP contribution in [-0.2, 0) is 0 Å². The first kappa shape index (κ1) is 18.7. The maximum absolute atomic E-state index is 10.4. The van der Waals surface area contributed by atoms with E-state index in [2.05, 4.69) is 22.3 Å². The molecule has 0 saturated carbocycles. The summed E-state index contributed by atoms with van der Waals surface area (Å²) in [6, 6.07) is 15.4. The van der Waals surface area contributed by atoms with Crippen LogP contribution in [0.2, 0.25) is 5.02 Å². The maximum Gasteiger partial charge on any atom is 0.247 e. The smallest absolute Gasteiger partial charge is 0.247 e. The highest BCUT2D eigenvalue weighted by Crippen LogP contribution is 2.33. The van der Waals surface area contributed by atoms with Gasteiger partial charge in [-0.05, 0) is 49.4 Å². The monoisotopic (exact) mass is 403 g/mol. The fourth-order valence-corrected chi connectivity index (χ4v) is 3.51. The van der Waals surface area contributed by atoms with Crippen molar-refractivity contribution >= 4 is 22.5 Å². The first-order chi connectivity index (χ1) is 14.0. The van der Waals surface area contributed by atoms with Crippen LogP contribution in [-0.4, -0.2) is 26.0 Å². The SMILES string of the molecule is C[C@H](O)[C@H](c1nnc(-c2ccc(C#N)cc2)o1)n1ccc2c(Cl)c(C#N)ccc21. The summed E-state index contributed by atoms with van der Waals surface area (Å²) in [4.78, 5) is 0. The molecular weight excluding hydrogens is 390 g/mol. The number of aliphatic hydroxyl groups excluding tert-OH is 1. The predicted octanol–water partition coefficient (Wildman–Crippen LogP) is 4.06. The van der Waals surface area contributed by atoms with Crippen molar-refractivity contribution in [3.63, 3.8) is 0 Å². The van der Waals surface area contributed by atoms with Gasteiger partial charge in [-0.3, -0.25) is 0 Å². The summed E-state index contributed by atoms with van der Waals surface area (Å²) in [5.41, 5.74) is 2.32. The second-order valence-corrected chi connectivity index (χ2v) is 6.89. The van der Waals surface area contributed by atoms with Gasteiger partial charge in [0.2, 0.25) is 11.8 Å². The van der Waals surface area contributed by atoms with Crippen LogP contribution < -0.4 is 0 Å². The van der Waals surface area contributed by atoms with E-state index in [1.807, 2.05) is 0 Å². The van der Waals surface area contributed by atoms with Crippen LogP contribution >= 0.6 is 11.6 Å². The minimum absolute atomic E-state index is 0.234. The molecule has 2 heterocycles. The van der Waals surface area contributed by atoms with Gasteiger partial charge in [0, 0.05) is 17.1 Å². The molecule has 1 N–H and O–H groups in total. The zero-order valence-electron chi connectivity index (χ0n) is 15.2. The second kappa shape index (κ2) is 7.40. The molecular formula is C21H14ClN5O2. The number of benzene rings is 2. The molecule has 2 aromatic heterocycles. The van der Waals surface area contributed by atoms with Gasteiger partial charge in [-0.25, -0.2) is 0 Å². The van der Waals surface area contributed by atoms with Gasteiger partial charge in [0.15, 0.2) is 0 Å². The van der Waals surface area contributed by atoms with Crippen molar-refractivity contribution in [2.45, 2.75) is 19.1 Å². The van der Waals surface area contributed by atoms with Gasteiger partial charge in [-0.2, -0.15) is 10.5 Å². The predicted molar refractivity (Wildman–Crippen MR) is 106 cm³/mol. The molecule has 8 heteroatoms. The zero-order chi connectivity index (χ0) is 20.5. The van der Waals surface area contributed by atoms with Crippen molar-refractivity contribution < 1.29 is 9.52 Å². The largest absolute Gasteiger partial charge is 0.418 e. The average Bonchev–Trinajstić information content (AvgIpc) is 3.37. The summed E-state index contributed by atoms with van der Waals surface area (Å²) in [6.45, 7) is 1.63. The number of hydrogen-bond acceptors (Lipinski definition) is 6.